The van der Waals surface area contributed by atoms with Crippen molar-refractivity contribution >= 4 is 24.0 Å². The molecule has 2 aliphatic rings. The van der Waals surface area contributed by atoms with E-state index >= 15 is 0 Å². The summed E-state index contributed by atoms with van der Waals surface area (Å²) in [7, 11) is 0. The van der Waals surface area contributed by atoms with Gasteiger partial charge in [0.25, 0.3) is 11.9 Å². The van der Waals surface area contributed by atoms with Gasteiger partial charge in [0.15, 0.2) is 5.69 Å². The summed E-state index contributed by atoms with van der Waals surface area (Å²) in [6, 6.07) is -0.212. The van der Waals surface area contributed by atoms with E-state index in [2.05, 4.69) is 16.7 Å². The summed E-state index contributed by atoms with van der Waals surface area (Å²) in [5.41, 5.74) is 5.57. The second-order valence-electron chi connectivity index (χ2n) is 7.21. The highest BCUT2D eigenvalue weighted by Gasteiger charge is 2.35. The molecule has 0 aliphatic carbocycles. The van der Waals surface area contributed by atoms with Crippen molar-refractivity contribution in [2.24, 2.45) is 16.8 Å². The van der Waals surface area contributed by atoms with Gasteiger partial charge in [-0.2, -0.15) is 10.1 Å². The Kier molecular flexibility index (Phi) is 6.43. The van der Waals surface area contributed by atoms with Gasteiger partial charge in [-0.1, -0.05) is 6.58 Å². The molecule has 0 unspecified atom stereocenters. The second kappa shape index (κ2) is 9.02. The van der Waals surface area contributed by atoms with Gasteiger partial charge in [0, 0.05) is 37.7 Å². The first-order valence-electron chi connectivity index (χ1n) is 9.52. The Morgan fingerprint density at radius 2 is 2.00 bits per heavy atom. The predicted molar refractivity (Wildman–Crippen MR) is 107 cm³/mol. The van der Waals surface area contributed by atoms with E-state index in [4.69, 9.17) is 10.2 Å². The molecule has 0 aromatic carbocycles. The number of rotatable bonds is 6. The van der Waals surface area contributed by atoms with Crippen LogP contribution in [0.2, 0.25) is 0 Å². The first-order valence-corrected chi connectivity index (χ1v) is 9.52. The van der Waals surface area contributed by atoms with Crippen LogP contribution in [-0.4, -0.2) is 47.2 Å². The smallest absolute Gasteiger partial charge is 0.297 e. The van der Waals surface area contributed by atoms with Crippen LogP contribution in [0.1, 0.15) is 36.7 Å². The molecule has 3 heterocycles. The molecule has 10 heteroatoms. The molecule has 2 amide bonds. The van der Waals surface area contributed by atoms with Gasteiger partial charge in [-0.05, 0) is 31.4 Å². The Morgan fingerprint density at radius 3 is 2.60 bits per heavy atom. The molecule has 30 heavy (non-hydrogen) atoms. The third-order valence-electron chi connectivity index (χ3n) is 5.00. The van der Waals surface area contributed by atoms with Gasteiger partial charge in [-0.15, -0.1) is 0 Å². The van der Waals surface area contributed by atoms with Crippen molar-refractivity contribution in [1.29, 1.82) is 0 Å². The lowest BCUT2D eigenvalue weighted by atomic mass is 9.94. The first kappa shape index (κ1) is 21.4. The molecule has 0 spiro atoms. The fraction of sp³-hybridized carbons (Fsp3) is 0.400. The highest BCUT2D eigenvalue weighted by Crippen LogP contribution is 2.28. The van der Waals surface area contributed by atoms with Crippen LogP contribution in [0.15, 0.2) is 51.7 Å². The number of hydrogen-bond donors (Lipinski definition) is 1. The normalized spacial score (nSPS) is 20.7. The summed E-state index contributed by atoms with van der Waals surface area (Å²) < 4.78 is 31.9. The standard InChI is InChI=1S/C20H23F2N5O3/c1-12(9-15(22)10-13(2)21)17-3-6-24-27(17)19(29)14-4-7-26(8-5-14)20-25-16(11-30-20)18(23)28/h6,9-11,14,17H,1,3-5,7-8H2,2H3,(H2,23,28)/b13-10+,15-9+/t17-/m0/s1. The summed E-state index contributed by atoms with van der Waals surface area (Å²) >= 11 is 0. The van der Waals surface area contributed by atoms with Crippen molar-refractivity contribution in [2.45, 2.75) is 32.2 Å². The SMILES string of the molecule is C=C(/C=C(F)\C=C(/C)F)[C@@H]1CC=NN1C(=O)C1CCN(c2nc(C(N)=O)co2)CC1. The molecule has 0 saturated carbocycles. The molecule has 8 nitrogen and oxygen atoms in total. The maximum atomic E-state index is 13.8. The Balaban J connectivity index is 1.61. The van der Waals surface area contributed by atoms with Crippen LogP contribution in [0.5, 0.6) is 0 Å². The predicted octanol–water partition coefficient (Wildman–Crippen LogP) is 2.86. The molecule has 3 rings (SSSR count). The van der Waals surface area contributed by atoms with Crippen LogP contribution >= 0.6 is 0 Å². The quantitative estimate of drug-likeness (QED) is 0.714. The molecular weight excluding hydrogens is 396 g/mol. The molecule has 1 aromatic heterocycles. The summed E-state index contributed by atoms with van der Waals surface area (Å²) in [6.07, 6.45) is 6.15. The molecule has 1 atom stereocenters. The van der Waals surface area contributed by atoms with Gasteiger partial charge in [0.05, 0.1) is 11.9 Å². The lowest BCUT2D eigenvalue weighted by Crippen LogP contribution is -2.43. The van der Waals surface area contributed by atoms with Crippen molar-refractivity contribution < 1.29 is 22.8 Å². The van der Waals surface area contributed by atoms with Crippen LogP contribution in [0.25, 0.3) is 0 Å². The lowest BCUT2D eigenvalue weighted by Gasteiger charge is -2.33. The fourth-order valence-corrected chi connectivity index (χ4v) is 3.47. The van der Waals surface area contributed by atoms with E-state index in [9.17, 15) is 18.4 Å². The lowest BCUT2D eigenvalue weighted by molar-refractivity contribution is -0.137. The highest BCUT2D eigenvalue weighted by molar-refractivity contribution is 5.90. The molecular formula is C20H23F2N5O3. The first-order chi connectivity index (χ1) is 14.3. The van der Waals surface area contributed by atoms with E-state index in [0.29, 0.717) is 37.9 Å². The van der Waals surface area contributed by atoms with E-state index in [1.54, 1.807) is 6.21 Å². The topological polar surface area (TPSA) is 105 Å². The Hall–Kier alpha value is -3.30. The Labute approximate surface area is 172 Å². The number of oxazole rings is 1. The van der Waals surface area contributed by atoms with Gasteiger partial charge < -0.3 is 15.1 Å². The number of aromatic nitrogens is 1. The number of allylic oxidation sites excluding steroid dienone is 3. The van der Waals surface area contributed by atoms with Crippen molar-refractivity contribution in [3.05, 3.63) is 47.9 Å². The summed E-state index contributed by atoms with van der Waals surface area (Å²) in [6.45, 7) is 5.98. The minimum Gasteiger partial charge on any atom is -0.431 e. The largest absolute Gasteiger partial charge is 0.431 e. The van der Waals surface area contributed by atoms with Gasteiger partial charge >= 0.3 is 0 Å². The monoisotopic (exact) mass is 419 g/mol. The minimum atomic E-state index is -0.770. The second-order valence-corrected chi connectivity index (χ2v) is 7.21. The van der Waals surface area contributed by atoms with Gasteiger partial charge in [0.1, 0.15) is 12.1 Å². The van der Waals surface area contributed by atoms with E-state index in [-0.39, 0.29) is 23.5 Å². The van der Waals surface area contributed by atoms with Gasteiger partial charge in [0.2, 0.25) is 5.91 Å². The number of piperidine rings is 1. The molecule has 2 N–H and O–H groups in total. The van der Waals surface area contributed by atoms with Crippen molar-refractivity contribution in [2.75, 3.05) is 18.0 Å². The number of amides is 2. The molecule has 1 aromatic rings. The van der Waals surface area contributed by atoms with E-state index in [1.807, 2.05) is 4.90 Å². The third kappa shape index (κ3) is 4.81. The number of nitrogens with two attached hydrogens (primary N) is 1. The third-order valence-corrected chi connectivity index (χ3v) is 5.00. The van der Waals surface area contributed by atoms with Crippen LogP contribution < -0.4 is 10.6 Å². The Morgan fingerprint density at radius 1 is 1.30 bits per heavy atom. The Bertz CT molecular complexity index is 925. The van der Waals surface area contributed by atoms with Gasteiger partial charge in [-0.25, -0.2) is 13.8 Å². The minimum absolute atomic E-state index is 0.0500. The molecule has 0 radical (unpaired) electrons. The highest BCUT2D eigenvalue weighted by atomic mass is 19.1. The van der Waals surface area contributed by atoms with E-state index < -0.39 is 23.6 Å². The average Bonchev–Trinajstić information content (AvgIpc) is 3.36. The van der Waals surface area contributed by atoms with Crippen molar-refractivity contribution in [1.82, 2.24) is 9.99 Å². The zero-order chi connectivity index (χ0) is 21.8. The van der Waals surface area contributed by atoms with Crippen molar-refractivity contribution in [3.63, 3.8) is 0 Å². The zero-order valence-electron chi connectivity index (χ0n) is 16.6. The summed E-state index contributed by atoms with van der Waals surface area (Å²) in [5, 5.41) is 5.47. The number of nitrogens with zero attached hydrogens (tertiary/aromatic N) is 4. The fourth-order valence-electron chi connectivity index (χ4n) is 3.47. The number of halogens is 2. The zero-order valence-corrected chi connectivity index (χ0v) is 16.6. The van der Waals surface area contributed by atoms with Crippen molar-refractivity contribution in [3.8, 4) is 0 Å². The number of anilines is 1. The average molecular weight is 419 g/mol. The molecule has 1 fully saturated rings. The van der Waals surface area contributed by atoms with Crippen LogP contribution in [0, 0.1) is 5.92 Å². The van der Waals surface area contributed by atoms with E-state index in [0.717, 1.165) is 19.1 Å². The van der Waals surface area contributed by atoms with Gasteiger partial charge in [-0.3, -0.25) is 9.59 Å². The maximum absolute atomic E-state index is 13.8. The maximum Gasteiger partial charge on any atom is 0.297 e. The number of carbonyl (C=O) groups is 2. The number of carbonyl (C=O) groups excluding carboxylic acids is 2. The molecule has 2 aliphatic heterocycles. The van der Waals surface area contributed by atoms with E-state index in [1.165, 1.54) is 11.3 Å². The summed E-state index contributed by atoms with van der Waals surface area (Å²) in [5.74, 6) is -2.55. The number of hydrazone groups is 1. The van der Waals surface area contributed by atoms with Crippen LogP contribution in [0.3, 0.4) is 0 Å². The number of hydrogen-bond acceptors (Lipinski definition) is 6. The molecule has 160 valence electrons. The summed E-state index contributed by atoms with van der Waals surface area (Å²) in [4.78, 5) is 30.0. The molecule has 1 saturated heterocycles. The van der Waals surface area contributed by atoms with Crippen LogP contribution in [0.4, 0.5) is 14.8 Å². The van der Waals surface area contributed by atoms with Crippen LogP contribution in [-0.2, 0) is 4.79 Å². The number of primary amides is 1. The molecule has 0 bridgehead atoms.